The highest BCUT2D eigenvalue weighted by molar-refractivity contribution is 6.07. The van der Waals surface area contributed by atoms with Crippen molar-refractivity contribution in [1.29, 1.82) is 0 Å². The number of nitrogens with zero attached hydrogens (tertiary/aromatic N) is 5. The van der Waals surface area contributed by atoms with Gasteiger partial charge in [0, 0.05) is 36.2 Å². The first-order valence-corrected chi connectivity index (χ1v) is 11.2. The molecule has 1 amide bonds. The summed E-state index contributed by atoms with van der Waals surface area (Å²) < 4.78 is 81.3. The minimum absolute atomic E-state index is 0.0425. The summed E-state index contributed by atoms with van der Waals surface area (Å²) in [5.74, 6) is -4.01. The summed E-state index contributed by atoms with van der Waals surface area (Å²) in [5, 5.41) is 10.3. The smallest absolute Gasteiger partial charge is 0.359 e. The molecule has 8 nitrogen and oxygen atoms in total. The van der Waals surface area contributed by atoms with Crippen LogP contribution < -0.4 is 5.32 Å². The minimum atomic E-state index is -4.34. The summed E-state index contributed by atoms with van der Waals surface area (Å²) in [5.41, 5.74) is 0.546. The average Bonchev–Trinajstić information content (AvgIpc) is 3.47. The first kappa shape index (κ1) is 24.7. The predicted molar refractivity (Wildman–Crippen MR) is 120 cm³/mol. The normalized spacial score (nSPS) is 16.9. The van der Waals surface area contributed by atoms with Gasteiger partial charge in [-0.25, -0.2) is 17.9 Å². The van der Waals surface area contributed by atoms with E-state index in [4.69, 9.17) is 0 Å². The Labute approximate surface area is 205 Å². The number of alkyl halides is 3. The first-order valence-electron chi connectivity index (χ1n) is 11.2. The lowest BCUT2D eigenvalue weighted by Crippen LogP contribution is -2.41. The Kier molecular flexibility index (Phi) is 6.35. The van der Waals surface area contributed by atoms with Crippen LogP contribution in [-0.4, -0.2) is 61.6 Å². The average molecular weight is 523 g/mol. The van der Waals surface area contributed by atoms with Crippen molar-refractivity contribution < 1.29 is 31.1 Å². The number of hydrogen-bond acceptors (Lipinski definition) is 5. The van der Waals surface area contributed by atoms with Crippen molar-refractivity contribution in [3.05, 3.63) is 65.6 Å². The number of halogens is 6. The molecule has 0 bridgehead atoms. The van der Waals surface area contributed by atoms with Crippen LogP contribution in [0.3, 0.4) is 0 Å². The third kappa shape index (κ3) is 5.28. The van der Waals surface area contributed by atoms with E-state index in [2.05, 4.69) is 25.6 Å². The molecule has 3 aromatic heterocycles. The molecule has 1 saturated heterocycles. The molecule has 1 aliphatic rings. The fraction of sp³-hybridized carbons (Fsp3) is 0.304. The maximum atomic E-state index is 14.9. The van der Waals surface area contributed by atoms with E-state index in [9.17, 15) is 31.1 Å². The standard InChI is InChI=1S/C23H19F6N7O/c24-15-5-14-18(6-16(15)25)30-8-19(14)32-22(37)20-10-36(34-33-20)13-4-17(26)21(31-7-13)12-2-1-3-35(9-12)11-23(27,28)29/h4-8,10,12,30H,1-3,9,11H2,(H,32,37). The molecule has 2 N–H and O–H groups in total. The van der Waals surface area contributed by atoms with Gasteiger partial charge in [-0.15, -0.1) is 5.10 Å². The highest BCUT2D eigenvalue weighted by Gasteiger charge is 2.34. The Bertz CT molecular complexity index is 1460. The summed E-state index contributed by atoms with van der Waals surface area (Å²) in [6, 6.07) is 3.03. The third-order valence-electron chi connectivity index (χ3n) is 6.11. The lowest BCUT2D eigenvalue weighted by atomic mass is 9.94. The lowest BCUT2D eigenvalue weighted by molar-refractivity contribution is -0.148. The summed E-state index contributed by atoms with van der Waals surface area (Å²) in [6.45, 7) is -0.734. The van der Waals surface area contributed by atoms with Crippen LogP contribution in [0.2, 0.25) is 0 Å². The number of fused-ring (bicyclic) bond motifs is 1. The molecule has 1 aliphatic heterocycles. The summed E-state index contributed by atoms with van der Waals surface area (Å²) in [6.07, 6.45) is 0.557. The molecule has 37 heavy (non-hydrogen) atoms. The number of carbonyl (C=O) groups excluding carboxylic acids is 1. The zero-order chi connectivity index (χ0) is 26.3. The second-order valence-electron chi connectivity index (χ2n) is 8.77. The molecule has 1 fully saturated rings. The molecular weight excluding hydrogens is 504 g/mol. The van der Waals surface area contributed by atoms with Gasteiger partial charge in [0.05, 0.1) is 41.5 Å². The number of amides is 1. The van der Waals surface area contributed by atoms with Gasteiger partial charge in [-0.05, 0) is 25.5 Å². The van der Waals surface area contributed by atoms with E-state index >= 15 is 0 Å². The summed E-state index contributed by atoms with van der Waals surface area (Å²) in [7, 11) is 0. The van der Waals surface area contributed by atoms with Gasteiger partial charge in [0.25, 0.3) is 5.91 Å². The van der Waals surface area contributed by atoms with Crippen molar-refractivity contribution in [1.82, 2.24) is 29.9 Å². The van der Waals surface area contributed by atoms with Crippen molar-refractivity contribution >= 4 is 22.5 Å². The maximum Gasteiger partial charge on any atom is 0.401 e. The number of nitrogens with one attached hydrogen (secondary N) is 2. The molecule has 0 saturated carbocycles. The minimum Gasteiger partial charge on any atom is -0.359 e. The Balaban J connectivity index is 1.30. The quantitative estimate of drug-likeness (QED) is 0.375. The largest absolute Gasteiger partial charge is 0.401 e. The monoisotopic (exact) mass is 523 g/mol. The number of H-pyrrole nitrogens is 1. The molecule has 5 rings (SSSR count). The number of anilines is 1. The van der Waals surface area contributed by atoms with Crippen LogP contribution in [0.1, 0.15) is 34.9 Å². The van der Waals surface area contributed by atoms with Gasteiger partial charge in [-0.1, -0.05) is 5.21 Å². The van der Waals surface area contributed by atoms with E-state index < -0.39 is 42.0 Å². The lowest BCUT2D eigenvalue weighted by Gasteiger charge is -2.32. The topological polar surface area (TPSA) is 91.7 Å². The van der Waals surface area contributed by atoms with Crippen molar-refractivity contribution in [2.75, 3.05) is 25.0 Å². The molecule has 194 valence electrons. The molecule has 0 spiro atoms. The van der Waals surface area contributed by atoms with Crippen molar-refractivity contribution in [2.24, 2.45) is 0 Å². The van der Waals surface area contributed by atoms with Gasteiger partial charge in [0.15, 0.2) is 17.3 Å². The molecule has 1 unspecified atom stereocenters. The summed E-state index contributed by atoms with van der Waals surface area (Å²) in [4.78, 5) is 20.7. The van der Waals surface area contributed by atoms with Gasteiger partial charge in [0.2, 0.25) is 0 Å². The van der Waals surface area contributed by atoms with Crippen LogP contribution in [0, 0.1) is 17.5 Å². The second kappa shape index (κ2) is 9.50. The maximum absolute atomic E-state index is 14.9. The third-order valence-corrected chi connectivity index (χ3v) is 6.11. The van der Waals surface area contributed by atoms with E-state index in [0.717, 1.165) is 22.9 Å². The molecule has 0 aliphatic carbocycles. The fourth-order valence-corrected chi connectivity index (χ4v) is 4.44. The summed E-state index contributed by atoms with van der Waals surface area (Å²) >= 11 is 0. The zero-order valence-corrected chi connectivity index (χ0v) is 19.0. The van der Waals surface area contributed by atoms with E-state index in [1.54, 1.807) is 0 Å². The molecule has 14 heteroatoms. The Morgan fingerprint density at radius 1 is 1.14 bits per heavy atom. The SMILES string of the molecule is O=C(Nc1c[nH]c2cc(F)c(F)cc12)c1cn(-c2cnc(C3CCCN(CC(F)(F)F)C3)c(F)c2)nn1. The molecule has 0 radical (unpaired) electrons. The molecule has 1 atom stereocenters. The number of piperidine rings is 1. The van der Waals surface area contributed by atoms with E-state index in [1.807, 2.05) is 0 Å². The Hall–Kier alpha value is -3.94. The zero-order valence-electron chi connectivity index (χ0n) is 19.0. The number of benzene rings is 1. The number of aromatic nitrogens is 5. The highest BCUT2D eigenvalue weighted by atomic mass is 19.4. The van der Waals surface area contributed by atoms with E-state index in [-0.39, 0.29) is 46.8 Å². The Morgan fingerprint density at radius 3 is 2.68 bits per heavy atom. The van der Waals surface area contributed by atoms with Crippen LogP contribution in [0.4, 0.5) is 32.0 Å². The van der Waals surface area contributed by atoms with Gasteiger partial charge >= 0.3 is 6.18 Å². The number of pyridine rings is 1. The van der Waals surface area contributed by atoms with Gasteiger partial charge in [-0.3, -0.25) is 14.7 Å². The van der Waals surface area contributed by atoms with Crippen LogP contribution in [0.5, 0.6) is 0 Å². The second-order valence-corrected chi connectivity index (χ2v) is 8.77. The van der Waals surface area contributed by atoms with Crippen molar-refractivity contribution in [3.63, 3.8) is 0 Å². The van der Waals surface area contributed by atoms with E-state index in [0.29, 0.717) is 12.8 Å². The Morgan fingerprint density at radius 2 is 1.92 bits per heavy atom. The fourth-order valence-electron chi connectivity index (χ4n) is 4.44. The molecular formula is C23H19F6N7O. The number of rotatable bonds is 5. The van der Waals surface area contributed by atoms with Crippen molar-refractivity contribution in [2.45, 2.75) is 24.9 Å². The number of carbonyl (C=O) groups is 1. The van der Waals surface area contributed by atoms with Crippen LogP contribution in [0.25, 0.3) is 16.6 Å². The van der Waals surface area contributed by atoms with Crippen LogP contribution in [-0.2, 0) is 0 Å². The number of aromatic amines is 1. The van der Waals surface area contributed by atoms with Gasteiger partial charge in [-0.2, -0.15) is 13.2 Å². The number of likely N-dealkylation sites (tertiary alicyclic amines) is 1. The van der Waals surface area contributed by atoms with Gasteiger partial charge in [0.1, 0.15) is 5.82 Å². The predicted octanol–water partition coefficient (Wildman–Crippen LogP) is 4.55. The molecule has 1 aromatic carbocycles. The van der Waals surface area contributed by atoms with Crippen LogP contribution >= 0.6 is 0 Å². The molecule has 4 heterocycles. The van der Waals surface area contributed by atoms with Crippen LogP contribution in [0.15, 0.2) is 36.8 Å². The van der Waals surface area contributed by atoms with Gasteiger partial charge < -0.3 is 10.3 Å². The van der Waals surface area contributed by atoms with Crippen molar-refractivity contribution in [3.8, 4) is 5.69 Å². The van der Waals surface area contributed by atoms with E-state index in [1.165, 1.54) is 23.5 Å². The molecule has 4 aromatic rings. The first-order chi connectivity index (χ1) is 17.6. The highest BCUT2D eigenvalue weighted by Crippen LogP contribution is 2.30. The number of hydrogen-bond donors (Lipinski definition) is 2.